The van der Waals surface area contributed by atoms with E-state index in [1.54, 1.807) is 0 Å². The minimum absolute atomic E-state index is 0.147. The van der Waals surface area contributed by atoms with Gasteiger partial charge in [-0.1, -0.05) is 438 Å². The number of aryl methyl sites for hydroxylation is 3. The summed E-state index contributed by atoms with van der Waals surface area (Å²) in [5, 5.41) is 0. The van der Waals surface area contributed by atoms with E-state index in [1.807, 2.05) is 0 Å². The molecule has 3 unspecified atom stereocenters. The van der Waals surface area contributed by atoms with Gasteiger partial charge in [-0.2, -0.15) is 0 Å². The highest BCUT2D eigenvalue weighted by Crippen LogP contribution is 2.67. The van der Waals surface area contributed by atoms with Crippen LogP contribution < -0.4 is 0 Å². The number of rotatable bonds is 30. The molecule has 0 aliphatic carbocycles. The van der Waals surface area contributed by atoms with Crippen molar-refractivity contribution in [3.8, 4) is 0 Å². The maximum atomic E-state index is 9.82. The van der Waals surface area contributed by atoms with Crippen LogP contribution in [-0.4, -0.2) is 0 Å². The lowest BCUT2D eigenvalue weighted by Crippen LogP contribution is -2.42. The van der Waals surface area contributed by atoms with Gasteiger partial charge in [0.15, 0.2) is 0 Å². The maximum absolute atomic E-state index is 9.82. The molecule has 0 saturated heterocycles. The molecule has 0 heterocycles. The topological polar surface area (TPSA) is 27.7 Å². The molecule has 0 N–H and O–H groups in total. The second-order valence-electron chi connectivity index (χ2n) is 48.4. The molecule has 3 atom stereocenters. The van der Waals surface area contributed by atoms with Crippen molar-refractivity contribution in [3.05, 3.63) is 208 Å². The predicted octanol–water partition coefficient (Wildman–Crippen LogP) is 34.7. The molecule has 0 aliphatic heterocycles. The van der Waals surface area contributed by atoms with Gasteiger partial charge in [0.1, 0.15) is 16.8 Å². The summed E-state index contributed by atoms with van der Waals surface area (Å²) in [6.07, 6.45) is 18.5. The third kappa shape index (κ3) is 24.1. The minimum atomic E-state index is -2.66. The number of hydrogen-bond donors (Lipinski definition) is 0. The Kier molecular flexibility index (Phi) is 31.8. The highest BCUT2D eigenvalue weighted by Gasteiger charge is 2.55. The molecule has 0 saturated carbocycles. The Balaban J connectivity index is 2.28. The quantitative estimate of drug-likeness (QED) is 0.0332. The molecule has 6 aromatic carbocycles. The van der Waals surface area contributed by atoms with E-state index in [2.05, 4.69) is 382 Å². The van der Waals surface area contributed by atoms with Crippen molar-refractivity contribution in [3.63, 3.8) is 0 Å². The lowest BCUT2D eigenvalue weighted by Gasteiger charge is -2.50. The zero-order chi connectivity index (χ0) is 87.7. The average Bonchev–Trinajstić information content (AvgIpc) is 0.715. The first-order valence-electron chi connectivity index (χ1n) is 46.0. The van der Waals surface area contributed by atoms with Crippen LogP contribution in [0.5, 0.6) is 0 Å². The van der Waals surface area contributed by atoms with Crippen LogP contribution in [0.15, 0.2) is 91.0 Å². The van der Waals surface area contributed by atoms with Gasteiger partial charge < -0.3 is 0 Å². The van der Waals surface area contributed by atoms with Gasteiger partial charge in [-0.15, -0.1) is 0 Å². The zero-order valence-corrected chi connectivity index (χ0v) is 84.0. The summed E-state index contributed by atoms with van der Waals surface area (Å²) in [7, 11) is -2.66. The molecule has 115 heavy (non-hydrogen) atoms. The first-order chi connectivity index (χ1) is 52.2. The van der Waals surface area contributed by atoms with Crippen molar-refractivity contribution in [2.75, 3.05) is 0 Å². The van der Waals surface area contributed by atoms with Crippen molar-refractivity contribution in [2.24, 2.45) is 0 Å². The van der Waals surface area contributed by atoms with Crippen LogP contribution in [0.4, 0.5) is 0 Å². The molecule has 0 spiro atoms. The Hall–Kier alpha value is -4.37. The molecule has 644 valence electrons. The molecule has 0 radical (unpaired) electrons. The van der Waals surface area contributed by atoms with Gasteiger partial charge in [0.05, 0.1) is 0 Å². The van der Waals surface area contributed by atoms with Crippen LogP contribution in [0, 0.1) is 20.8 Å². The Morgan fingerprint density at radius 1 is 0.200 bits per heavy atom. The third-order valence-corrected chi connectivity index (χ3v) is 26.6. The van der Waals surface area contributed by atoms with E-state index < -0.39 is 25.4 Å². The van der Waals surface area contributed by atoms with Gasteiger partial charge in [-0.3, -0.25) is 13.6 Å². The monoisotopic (exact) mass is 1590 g/mol. The lowest BCUT2D eigenvalue weighted by atomic mass is 9.67. The van der Waals surface area contributed by atoms with E-state index in [-0.39, 0.29) is 65.0 Å². The molecule has 4 heteroatoms. The summed E-state index contributed by atoms with van der Waals surface area (Å²) in [5.74, 6) is 0. The molecular formula is C111H177O3P. The van der Waals surface area contributed by atoms with Gasteiger partial charge in [0, 0.05) is 0 Å². The summed E-state index contributed by atoms with van der Waals surface area (Å²) in [4.78, 5) is 0. The molecule has 0 aromatic heterocycles. The predicted molar refractivity (Wildman–Crippen MR) is 510 cm³/mol. The molecule has 6 aromatic rings. The second kappa shape index (κ2) is 36.7. The van der Waals surface area contributed by atoms with Crippen LogP contribution in [0.2, 0.25) is 0 Å². The summed E-state index contributed by atoms with van der Waals surface area (Å²) < 4.78 is 29.5. The van der Waals surface area contributed by atoms with Crippen LogP contribution in [0.3, 0.4) is 0 Å². The van der Waals surface area contributed by atoms with Crippen LogP contribution in [0.1, 0.15) is 502 Å². The van der Waals surface area contributed by atoms with Gasteiger partial charge in [0.25, 0.3) is 0 Å². The Bertz CT molecular complexity index is 3760. The SMILES string of the molecule is CCCCCCCC(OP(OC(CCCCCCC)(c1ccc(C(C)(C)C)cc1C(C)(C)C)c1c(C)cc(C(C)(C)C)cc1C(C)(C)C)OC(CCCCCCC)(c1ccc(C(C)(C)C)cc1C(C)(C)C)c1c(C)cc(C(C)(C)C)cc1C(C)(C)C)(c1ccc(C(C)(C)C)cc1C(C)(C)C)c1c(C)cc(C(C)(C)C)cc1C(C)(C)C. The first-order valence-corrected chi connectivity index (χ1v) is 47.1. The Labute approximate surface area is 713 Å². The molecule has 0 fully saturated rings. The molecule has 0 amide bonds. The van der Waals surface area contributed by atoms with Gasteiger partial charge >= 0.3 is 8.60 Å². The summed E-state index contributed by atoms with van der Waals surface area (Å²) in [5.41, 5.74) is 20.4. The second-order valence-corrected chi connectivity index (χ2v) is 49.4. The lowest BCUT2D eigenvalue weighted by molar-refractivity contribution is -0.0283. The van der Waals surface area contributed by atoms with E-state index in [4.69, 9.17) is 0 Å². The van der Waals surface area contributed by atoms with E-state index in [0.717, 1.165) is 77.0 Å². The first kappa shape index (κ1) is 99.4. The van der Waals surface area contributed by atoms with E-state index in [0.29, 0.717) is 19.3 Å². The summed E-state index contributed by atoms with van der Waals surface area (Å²) in [6.45, 7) is 102. The van der Waals surface area contributed by atoms with E-state index in [9.17, 15) is 13.6 Å². The number of hydrogen-bond acceptors (Lipinski definition) is 3. The van der Waals surface area contributed by atoms with Crippen LogP contribution in [0.25, 0.3) is 0 Å². The van der Waals surface area contributed by atoms with E-state index >= 15 is 0 Å². The Morgan fingerprint density at radius 2 is 0.383 bits per heavy atom. The van der Waals surface area contributed by atoms with Crippen molar-refractivity contribution < 1.29 is 13.6 Å². The zero-order valence-electron chi connectivity index (χ0n) is 83.1. The fourth-order valence-electron chi connectivity index (χ4n) is 18.0. The smallest absolute Gasteiger partial charge is 0.296 e. The average molecular weight is 1590 g/mol. The largest absolute Gasteiger partial charge is 0.336 e. The standard InChI is InChI=1S/C111H177O3P/c1-43-46-49-52-55-64-109(85-61-58-79(97(7,8)9)70-88(85)103(25,26)27,94-76(4)67-82(100(16,17)18)73-91(94)106(34,35)36)112-115(113-110(65-56-53-50-47-44-2,86-62-59-80(98(10,11)12)71-89(86)104(28,29)30)95-77(5)68-83(101(19,20)21)74-92(95)107(37,38)39)114-111(66-57-54-51-48-45-3,87-63-60-81(99(13,14)15)72-90(87)105(31,32)33)96-78(6)69-84(102(22,23)24)75-93(96)108(40,41)42/h58-63,67-75H,43-57,64-66H2,1-42H3. The highest BCUT2D eigenvalue weighted by atomic mass is 31.2. The van der Waals surface area contributed by atoms with Crippen LogP contribution >= 0.6 is 8.60 Å². The number of benzene rings is 6. The summed E-state index contributed by atoms with van der Waals surface area (Å²) >= 11 is 0. The number of unbranched alkanes of at least 4 members (excludes halogenated alkanes) is 12. The maximum Gasteiger partial charge on any atom is 0.336 e. The van der Waals surface area contributed by atoms with Gasteiger partial charge in [0.2, 0.25) is 0 Å². The minimum Gasteiger partial charge on any atom is -0.296 e. The molecular weight excluding hydrogens is 1410 g/mol. The molecule has 6 rings (SSSR count). The third-order valence-electron chi connectivity index (χ3n) is 25.2. The normalized spacial score (nSPS) is 15.6. The Morgan fingerprint density at radius 3 is 0.557 bits per heavy atom. The molecule has 0 bridgehead atoms. The summed E-state index contributed by atoms with van der Waals surface area (Å²) in [6, 6.07) is 38.5. The van der Waals surface area contributed by atoms with Crippen molar-refractivity contribution in [1.82, 2.24) is 0 Å². The van der Waals surface area contributed by atoms with Crippen molar-refractivity contribution >= 4 is 8.60 Å². The highest BCUT2D eigenvalue weighted by molar-refractivity contribution is 7.41. The fraction of sp³-hybridized carbons (Fsp3) is 0.676. The van der Waals surface area contributed by atoms with Crippen molar-refractivity contribution in [2.45, 2.75) is 488 Å². The van der Waals surface area contributed by atoms with Crippen LogP contribution in [-0.2, 0) is 95.4 Å². The fourth-order valence-corrected chi connectivity index (χ4v) is 19.7. The van der Waals surface area contributed by atoms with Gasteiger partial charge in [-0.25, -0.2) is 0 Å². The van der Waals surface area contributed by atoms with E-state index in [1.165, 1.54) is 136 Å². The van der Waals surface area contributed by atoms with Crippen molar-refractivity contribution in [1.29, 1.82) is 0 Å². The molecule has 0 aliphatic rings. The van der Waals surface area contributed by atoms with Gasteiger partial charge in [-0.05, 0) is 241 Å². The molecule has 3 nitrogen and oxygen atoms in total.